The molecule has 2 fully saturated rings. The van der Waals surface area contributed by atoms with Crippen LogP contribution in [0.3, 0.4) is 0 Å². The number of thiophene rings is 2. The first-order valence-electron chi connectivity index (χ1n) is 14.8. The number of amides is 8. The summed E-state index contributed by atoms with van der Waals surface area (Å²) < 4.78 is 0. The van der Waals surface area contributed by atoms with Crippen molar-refractivity contribution in [2.24, 2.45) is 0 Å². The fraction of sp³-hybridized carbons (Fsp3) is 0.167. The number of rotatable bonds is 5. The average Bonchev–Trinajstić information content (AvgIpc) is 3.73. The fourth-order valence-corrected chi connectivity index (χ4v) is 7.91. The van der Waals surface area contributed by atoms with Gasteiger partial charge in [0, 0.05) is 53.3 Å². The molecule has 8 amide bonds. The third-order valence-electron chi connectivity index (χ3n) is 8.41. The molecule has 0 spiro atoms. The molecule has 0 unspecified atom stereocenters. The number of benzene rings is 2. The van der Waals surface area contributed by atoms with Crippen molar-refractivity contribution in [3.8, 4) is 31.3 Å². The van der Waals surface area contributed by atoms with Gasteiger partial charge in [-0.05, 0) is 72.0 Å². The molecule has 2 aromatic carbocycles. The van der Waals surface area contributed by atoms with Gasteiger partial charge in [-0.3, -0.25) is 38.8 Å². The van der Waals surface area contributed by atoms with Crippen LogP contribution < -0.4 is 0 Å². The minimum Gasteiger partial charge on any atom is -0.268 e. The standard InChI is InChI=1S/C36H30N4O6S2/c1-19-8-7-9-20(2)29(19)24-18-28(27-15-14-23(47-27)17-26-33(43)39(5)36(46)40(6)34(26)44)48-30(24)22-12-10-21(11-13-22)16-25-31(41)37(3)35(45)38(4)32(25)42/h7-18H,1-6H3. The molecular weight excluding hydrogens is 649 g/mol. The number of aryl methyl sites for hydroxylation is 2. The Labute approximate surface area is 284 Å². The minimum absolute atomic E-state index is 0.0762. The summed E-state index contributed by atoms with van der Waals surface area (Å²) in [6.07, 6.45) is 3.02. The highest BCUT2D eigenvalue weighted by Crippen LogP contribution is 2.47. The molecule has 0 atom stereocenters. The van der Waals surface area contributed by atoms with Crippen molar-refractivity contribution in [3.05, 3.63) is 93.4 Å². The van der Waals surface area contributed by atoms with Crippen LogP contribution in [0.25, 0.3) is 43.5 Å². The molecule has 48 heavy (non-hydrogen) atoms. The molecule has 10 nitrogen and oxygen atoms in total. The Morgan fingerprint density at radius 1 is 0.562 bits per heavy atom. The van der Waals surface area contributed by atoms with Crippen molar-refractivity contribution in [1.82, 2.24) is 19.6 Å². The summed E-state index contributed by atoms with van der Waals surface area (Å²) >= 11 is 3.04. The first-order chi connectivity index (χ1) is 22.8. The molecule has 242 valence electrons. The molecule has 2 saturated heterocycles. The number of nitrogens with zero attached hydrogens (tertiary/aromatic N) is 4. The highest BCUT2D eigenvalue weighted by Gasteiger charge is 2.39. The summed E-state index contributed by atoms with van der Waals surface area (Å²) in [5.41, 5.74) is 5.80. The molecule has 0 N–H and O–H groups in total. The summed E-state index contributed by atoms with van der Waals surface area (Å²) in [5, 5.41) is 0. The van der Waals surface area contributed by atoms with Crippen LogP contribution in [-0.2, 0) is 19.2 Å². The van der Waals surface area contributed by atoms with Crippen LogP contribution in [0.15, 0.2) is 71.8 Å². The molecule has 0 radical (unpaired) electrons. The zero-order valence-electron chi connectivity index (χ0n) is 27.0. The zero-order chi connectivity index (χ0) is 34.6. The second kappa shape index (κ2) is 12.3. The molecule has 12 heteroatoms. The Kier molecular flexibility index (Phi) is 8.31. The lowest BCUT2D eigenvalue weighted by Gasteiger charge is -2.28. The summed E-state index contributed by atoms with van der Waals surface area (Å²) in [4.78, 5) is 82.6. The van der Waals surface area contributed by atoms with Gasteiger partial charge in [-0.15, -0.1) is 22.7 Å². The van der Waals surface area contributed by atoms with Crippen molar-refractivity contribution in [2.45, 2.75) is 13.8 Å². The van der Waals surface area contributed by atoms with E-state index in [1.165, 1.54) is 51.7 Å². The number of hydrogen-bond donors (Lipinski definition) is 0. The molecule has 6 rings (SSSR count). The summed E-state index contributed by atoms with van der Waals surface area (Å²) in [5.74, 6) is -2.58. The Balaban J connectivity index is 1.39. The molecular formula is C36H30N4O6S2. The quantitative estimate of drug-likeness (QED) is 0.181. The van der Waals surface area contributed by atoms with Crippen molar-refractivity contribution < 1.29 is 28.8 Å². The van der Waals surface area contributed by atoms with E-state index < -0.39 is 35.7 Å². The number of carbonyl (C=O) groups excluding carboxylic acids is 6. The third-order valence-corrected chi connectivity index (χ3v) is 10.8. The lowest BCUT2D eigenvalue weighted by Crippen LogP contribution is -2.52. The van der Waals surface area contributed by atoms with Crippen molar-refractivity contribution in [2.75, 3.05) is 28.2 Å². The SMILES string of the molecule is Cc1cccc(C)c1-c1cc(-c2ccc(C=C3C(=O)N(C)C(=O)N(C)C3=O)s2)sc1-c1ccc(C=C2C(=O)N(C)C(=O)N(C)C2=O)cc1. The Morgan fingerprint density at radius 2 is 1.06 bits per heavy atom. The van der Waals surface area contributed by atoms with Gasteiger partial charge in [0.25, 0.3) is 23.6 Å². The normalized spacial score (nSPS) is 15.7. The van der Waals surface area contributed by atoms with Gasteiger partial charge in [0.05, 0.1) is 0 Å². The van der Waals surface area contributed by atoms with Crippen molar-refractivity contribution >= 4 is 70.5 Å². The topological polar surface area (TPSA) is 115 Å². The van der Waals surface area contributed by atoms with Crippen LogP contribution in [-0.4, -0.2) is 83.5 Å². The number of barbiturate groups is 2. The first-order valence-corrected chi connectivity index (χ1v) is 16.5. The predicted octanol–water partition coefficient (Wildman–Crippen LogP) is 6.30. The average molecular weight is 679 g/mol. The zero-order valence-corrected chi connectivity index (χ0v) is 28.6. The van der Waals surface area contributed by atoms with Gasteiger partial charge in [0.15, 0.2) is 0 Å². The summed E-state index contributed by atoms with van der Waals surface area (Å²) in [7, 11) is 5.38. The van der Waals surface area contributed by atoms with Crippen molar-refractivity contribution in [3.63, 3.8) is 0 Å². The summed E-state index contributed by atoms with van der Waals surface area (Å²) in [6.45, 7) is 4.14. The highest BCUT2D eigenvalue weighted by atomic mass is 32.1. The number of imide groups is 4. The summed E-state index contributed by atoms with van der Waals surface area (Å²) in [6, 6.07) is 18.3. The van der Waals surface area contributed by atoms with E-state index in [1.807, 2.05) is 42.5 Å². The maximum atomic E-state index is 12.7. The smallest absolute Gasteiger partial charge is 0.268 e. The number of urea groups is 2. The Hall–Kier alpha value is -5.46. The molecule has 0 bridgehead atoms. The van der Waals surface area contributed by atoms with Gasteiger partial charge in [-0.25, -0.2) is 9.59 Å². The van der Waals surface area contributed by atoms with Crippen LogP contribution >= 0.6 is 22.7 Å². The van der Waals surface area contributed by atoms with Gasteiger partial charge >= 0.3 is 12.1 Å². The van der Waals surface area contributed by atoms with E-state index in [1.54, 1.807) is 11.3 Å². The molecule has 4 aromatic rings. The molecule has 2 aromatic heterocycles. The van der Waals surface area contributed by atoms with Gasteiger partial charge in [0.1, 0.15) is 11.1 Å². The van der Waals surface area contributed by atoms with E-state index in [0.717, 1.165) is 62.0 Å². The van der Waals surface area contributed by atoms with Crippen LogP contribution in [0, 0.1) is 13.8 Å². The second-order valence-electron chi connectivity index (χ2n) is 11.6. The number of carbonyl (C=O) groups is 6. The van der Waals surface area contributed by atoms with Gasteiger partial charge in [0.2, 0.25) is 0 Å². The molecule has 2 aliphatic heterocycles. The van der Waals surface area contributed by atoms with E-state index in [-0.39, 0.29) is 11.1 Å². The Morgan fingerprint density at radius 3 is 1.58 bits per heavy atom. The minimum atomic E-state index is -0.674. The van der Waals surface area contributed by atoms with E-state index in [4.69, 9.17) is 0 Å². The number of hydrogen-bond acceptors (Lipinski definition) is 8. The van der Waals surface area contributed by atoms with Crippen LogP contribution in [0.1, 0.15) is 21.6 Å². The van der Waals surface area contributed by atoms with E-state index in [9.17, 15) is 28.8 Å². The van der Waals surface area contributed by atoms with Crippen LogP contribution in [0.4, 0.5) is 9.59 Å². The lowest BCUT2D eigenvalue weighted by atomic mass is 9.94. The Bertz CT molecular complexity index is 2070. The third kappa shape index (κ3) is 5.48. The largest absolute Gasteiger partial charge is 0.333 e. The fourth-order valence-electron chi connectivity index (χ4n) is 5.70. The molecule has 2 aliphatic rings. The first kappa shape index (κ1) is 32.5. The maximum Gasteiger partial charge on any atom is 0.333 e. The number of likely N-dealkylation sites (N-methyl/N-ethyl adjacent to an activating group) is 4. The van der Waals surface area contributed by atoms with E-state index in [0.29, 0.717) is 10.4 Å². The van der Waals surface area contributed by atoms with Crippen LogP contribution in [0.5, 0.6) is 0 Å². The van der Waals surface area contributed by atoms with Crippen molar-refractivity contribution in [1.29, 1.82) is 0 Å². The van der Waals surface area contributed by atoms with Gasteiger partial charge < -0.3 is 0 Å². The highest BCUT2D eigenvalue weighted by molar-refractivity contribution is 7.24. The van der Waals surface area contributed by atoms with E-state index in [2.05, 4.69) is 32.0 Å². The molecule has 4 heterocycles. The second-order valence-corrected chi connectivity index (χ2v) is 13.7. The van der Waals surface area contributed by atoms with Crippen LogP contribution in [0.2, 0.25) is 0 Å². The van der Waals surface area contributed by atoms with Gasteiger partial charge in [-0.2, -0.15) is 0 Å². The predicted molar refractivity (Wildman–Crippen MR) is 186 cm³/mol. The van der Waals surface area contributed by atoms with Gasteiger partial charge in [-0.1, -0.05) is 42.5 Å². The maximum absolute atomic E-state index is 12.7. The molecule has 0 saturated carbocycles. The monoisotopic (exact) mass is 678 g/mol. The molecule has 0 aliphatic carbocycles. The van der Waals surface area contributed by atoms with E-state index >= 15 is 0 Å². The lowest BCUT2D eigenvalue weighted by molar-refractivity contribution is -0.135.